The minimum Gasteiger partial charge on any atom is -1.00 e. The van der Waals surface area contributed by atoms with Gasteiger partial charge in [-0.05, 0) is 43.1 Å². The molecule has 0 spiro atoms. The summed E-state index contributed by atoms with van der Waals surface area (Å²) in [4.78, 5) is 4.62. The SMILES string of the molecule is CNCc1ccc(OCCC[N+](C)(C)Cc2cnc([C@](O)(c3ccccc3)C3CCCCC3)o2)cc1.[Br-]. The Kier molecular flexibility index (Phi) is 10.8. The monoisotopic (exact) mass is 571 g/mol. The predicted molar refractivity (Wildman–Crippen MR) is 143 cm³/mol. The summed E-state index contributed by atoms with van der Waals surface area (Å²) in [5.41, 5.74) is 0.931. The van der Waals surface area contributed by atoms with Crippen LogP contribution < -0.4 is 27.0 Å². The van der Waals surface area contributed by atoms with Gasteiger partial charge in [-0.25, -0.2) is 4.98 Å². The van der Waals surface area contributed by atoms with Crippen molar-refractivity contribution in [3.8, 4) is 5.75 Å². The van der Waals surface area contributed by atoms with Gasteiger partial charge >= 0.3 is 0 Å². The molecule has 7 heteroatoms. The van der Waals surface area contributed by atoms with Crippen molar-refractivity contribution in [1.82, 2.24) is 10.3 Å². The second kappa shape index (κ2) is 13.6. The van der Waals surface area contributed by atoms with Crippen LogP contribution >= 0.6 is 0 Å². The smallest absolute Gasteiger partial charge is 0.231 e. The maximum absolute atomic E-state index is 12.0. The van der Waals surface area contributed by atoms with Gasteiger partial charge in [-0.3, -0.25) is 0 Å². The molecule has 0 amide bonds. The number of hydrogen-bond donors (Lipinski definition) is 2. The molecular weight excluding hydrogens is 530 g/mol. The highest BCUT2D eigenvalue weighted by Crippen LogP contribution is 2.43. The first kappa shape index (κ1) is 29.4. The molecule has 0 bridgehead atoms. The third-order valence-corrected chi connectivity index (χ3v) is 7.35. The molecule has 4 rings (SSSR count). The average Bonchev–Trinajstić information content (AvgIpc) is 3.36. The first-order chi connectivity index (χ1) is 17.4. The van der Waals surface area contributed by atoms with Crippen molar-refractivity contribution in [1.29, 1.82) is 0 Å². The molecule has 2 aromatic carbocycles. The van der Waals surface area contributed by atoms with Crippen LogP contribution in [0.3, 0.4) is 0 Å². The molecule has 3 aromatic rings. The highest BCUT2D eigenvalue weighted by molar-refractivity contribution is 5.30. The van der Waals surface area contributed by atoms with E-state index in [0.29, 0.717) is 19.0 Å². The zero-order valence-electron chi connectivity index (χ0n) is 22.5. The maximum atomic E-state index is 12.0. The summed E-state index contributed by atoms with van der Waals surface area (Å²) in [6, 6.07) is 18.2. The lowest BCUT2D eigenvalue weighted by atomic mass is 9.73. The van der Waals surface area contributed by atoms with Crippen LogP contribution in [0.1, 0.15) is 61.3 Å². The molecule has 37 heavy (non-hydrogen) atoms. The van der Waals surface area contributed by atoms with Gasteiger partial charge < -0.3 is 41.0 Å². The summed E-state index contributed by atoms with van der Waals surface area (Å²) < 4.78 is 13.0. The Balaban J connectivity index is 0.00000380. The Morgan fingerprint density at radius 3 is 2.43 bits per heavy atom. The summed E-state index contributed by atoms with van der Waals surface area (Å²) >= 11 is 0. The predicted octanol–water partition coefficient (Wildman–Crippen LogP) is 2.26. The number of oxazole rings is 1. The lowest BCUT2D eigenvalue weighted by molar-refractivity contribution is -0.904. The van der Waals surface area contributed by atoms with E-state index in [0.717, 1.165) is 66.7 Å². The molecule has 1 saturated carbocycles. The van der Waals surface area contributed by atoms with Gasteiger partial charge in [0.05, 0.1) is 33.4 Å². The number of hydrogen-bond acceptors (Lipinski definition) is 5. The highest BCUT2D eigenvalue weighted by Gasteiger charge is 2.44. The lowest BCUT2D eigenvalue weighted by Gasteiger charge is -2.36. The quantitative estimate of drug-likeness (QED) is 0.258. The van der Waals surface area contributed by atoms with Gasteiger partial charge in [0.1, 0.15) is 12.3 Å². The summed E-state index contributed by atoms with van der Waals surface area (Å²) in [5.74, 6) is 2.26. The van der Waals surface area contributed by atoms with Gasteiger partial charge in [0.25, 0.3) is 0 Å². The van der Waals surface area contributed by atoms with Crippen LogP contribution in [0.5, 0.6) is 5.75 Å². The van der Waals surface area contributed by atoms with E-state index in [4.69, 9.17) is 9.15 Å². The van der Waals surface area contributed by atoms with E-state index in [1.807, 2.05) is 49.5 Å². The number of aromatic nitrogens is 1. The van der Waals surface area contributed by atoms with E-state index in [2.05, 4.69) is 36.5 Å². The number of nitrogens with one attached hydrogen (secondary N) is 1. The summed E-state index contributed by atoms with van der Waals surface area (Å²) in [6.07, 6.45) is 8.22. The molecule has 1 aliphatic carbocycles. The number of ether oxygens (including phenoxy) is 1. The van der Waals surface area contributed by atoms with Gasteiger partial charge in [-0.15, -0.1) is 0 Å². The van der Waals surface area contributed by atoms with E-state index in [1.165, 1.54) is 12.0 Å². The van der Waals surface area contributed by atoms with Crippen LogP contribution in [0.4, 0.5) is 0 Å². The minimum absolute atomic E-state index is 0. The van der Waals surface area contributed by atoms with Crippen molar-refractivity contribution >= 4 is 0 Å². The second-order valence-electron chi connectivity index (χ2n) is 10.8. The largest absolute Gasteiger partial charge is 1.00 e. The first-order valence-electron chi connectivity index (χ1n) is 13.3. The van der Waals surface area contributed by atoms with Crippen molar-refractivity contribution in [3.05, 3.63) is 83.6 Å². The van der Waals surface area contributed by atoms with Crippen LogP contribution in [0.15, 0.2) is 65.2 Å². The number of aliphatic hydroxyl groups is 1. The molecule has 6 nitrogen and oxygen atoms in total. The molecule has 0 saturated heterocycles. The van der Waals surface area contributed by atoms with Crippen LogP contribution in [0.25, 0.3) is 0 Å². The van der Waals surface area contributed by atoms with Crippen molar-refractivity contribution in [2.75, 3.05) is 34.3 Å². The maximum Gasteiger partial charge on any atom is 0.231 e. The zero-order valence-corrected chi connectivity index (χ0v) is 24.0. The number of nitrogens with zero attached hydrogens (tertiary/aromatic N) is 2. The Hall–Kier alpha value is -2.19. The van der Waals surface area contributed by atoms with Crippen LogP contribution in [-0.4, -0.2) is 48.9 Å². The summed E-state index contributed by atoms with van der Waals surface area (Å²) in [7, 11) is 6.34. The molecule has 0 radical (unpaired) electrons. The lowest BCUT2D eigenvalue weighted by Crippen LogP contribution is -3.00. The van der Waals surface area contributed by atoms with Gasteiger partial charge in [-0.2, -0.15) is 0 Å². The number of quaternary nitrogens is 1. The first-order valence-corrected chi connectivity index (χ1v) is 13.3. The van der Waals surface area contributed by atoms with Gasteiger partial charge in [0.2, 0.25) is 5.89 Å². The normalized spacial score (nSPS) is 16.1. The Labute approximate surface area is 232 Å². The topological polar surface area (TPSA) is 67.5 Å². The van der Waals surface area contributed by atoms with E-state index in [1.54, 1.807) is 6.20 Å². The Morgan fingerprint density at radius 1 is 1.05 bits per heavy atom. The van der Waals surface area contributed by atoms with Gasteiger partial charge in [0, 0.05) is 18.9 Å². The third-order valence-electron chi connectivity index (χ3n) is 7.35. The molecule has 1 heterocycles. The molecule has 1 aliphatic rings. The average molecular weight is 573 g/mol. The standard InChI is InChI=1S/C30H42N3O3.BrH/c1-31-21-24-15-17-27(18-16-24)35-20-10-19-33(2,3)23-28-22-32-29(36-28)30(34,25-11-6-4-7-12-25)26-13-8-5-9-14-26;/h4,6-7,11-12,15-18,22,26,31,34H,5,8-10,13-14,19-21,23H2,1-3H3;1H/q+1;/p-1/t30-;/m0./s1. The minimum atomic E-state index is -1.19. The molecule has 2 N–H and O–H groups in total. The molecule has 1 aromatic heterocycles. The third kappa shape index (κ3) is 7.66. The van der Waals surface area contributed by atoms with Crippen LogP contribution in [-0.2, 0) is 18.7 Å². The number of benzene rings is 2. The van der Waals surface area contributed by atoms with E-state index in [9.17, 15) is 5.11 Å². The van der Waals surface area contributed by atoms with Gasteiger partial charge in [0.15, 0.2) is 11.4 Å². The number of rotatable bonds is 12. The van der Waals surface area contributed by atoms with E-state index < -0.39 is 5.60 Å². The molecule has 1 fully saturated rings. The van der Waals surface area contributed by atoms with Crippen molar-refractivity contribution in [2.45, 2.75) is 57.2 Å². The molecule has 0 aliphatic heterocycles. The van der Waals surface area contributed by atoms with Crippen molar-refractivity contribution in [2.24, 2.45) is 5.92 Å². The van der Waals surface area contributed by atoms with E-state index in [-0.39, 0.29) is 22.9 Å². The fraction of sp³-hybridized carbons (Fsp3) is 0.500. The Bertz CT molecular complexity index is 1070. The van der Waals surface area contributed by atoms with Crippen molar-refractivity contribution < 1.29 is 35.7 Å². The molecule has 1 atom stereocenters. The number of halogens is 1. The molecular formula is C30H42BrN3O3. The summed E-state index contributed by atoms with van der Waals surface area (Å²) in [6.45, 7) is 3.18. The highest BCUT2D eigenvalue weighted by atomic mass is 79.9. The zero-order chi connectivity index (χ0) is 25.4. The van der Waals surface area contributed by atoms with E-state index >= 15 is 0 Å². The molecule has 0 unspecified atom stereocenters. The summed E-state index contributed by atoms with van der Waals surface area (Å²) in [5, 5.41) is 15.2. The fourth-order valence-electron chi connectivity index (χ4n) is 5.39. The molecule has 202 valence electrons. The van der Waals surface area contributed by atoms with Crippen LogP contribution in [0.2, 0.25) is 0 Å². The fourth-order valence-corrected chi connectivity index (χ4v) is 5.39. The van der Waals surface area contributed by atoms with Crippen LogP contribution in [0, 0.1) is 5.92 Å². The second-order valence-corrected chi connectivity index (χ2v) is 10.8. The van der Waals surface area contributed by atoms with Crippen molar-refractivity contribution in [3.63, 3.8) is 0 Å². The van der Waals surface area contributed by atoms with Gasteiger partial charge in [-0.1, -0.05) is 61.7 Å². The Morgan fingerprint density at radius 2 is 1.76 bits per heavy atom.